The maximum Gasteiger partial charge on any atom is 0.227 e. The number of halogens is 1. The molecule has 2 heterocycles. The van der Waals surface area contributed by atoms with Crippen molar-refractivity contribution >= 4 is 23.2 Å². The summed E-state index contributed by atoms with van der Waals surface area (Å²) in [5.41, 5.74) is 4.25. The third-order valence-corrected chi connectivity index (χ3v) is 4.60. The van der Waals surface area contributed by atoms with Crippen molar-refractivity contribution in [2.75, 3.05) is 11.9 Å². The molecule has 0 radical (unpaired) electrons. The highest BCUT2D eigenvalue weighted by molar-refractivity contribution is 6.22. The summed E-state index contributed by atoms with van der Waals surface area (Å²) >= 11 is 6.62. The molecule has 3 rings (SSSR count). The predicted octanol–water partition coefficient (Wildman–Crippen LogP) is 4.08. The zero-order valence-electron chi connectivity index (χ0n) is 12.2. The number of rotatable bonds is 3. The molecule has 0 N–H and O–H groups in total. The van der Waals surface area contributed by atoms with Crippen LogP contribution in [0.2, 0.25) is 0 Å². The van der Waals surface area contributed by atoms with Crippen LogP contribution in [0.5, 0.6) is 0 Å². The molecular formula is C17H18ClNO2. The average molecular weight is 304 g/mol. The van der Waals surface area contributed by atoms with Crippen molar-refractivity contribution in [1.82, 2.24) is 0 Å². The maximum atomic E-state index is 11.7. The summed E-state index contributed by atoms with van der Waals surface area (Å²) in [6, 6.07) is 8.04. The molecule has 21 heavy (non-hydrogen) atoms. The lowest BCUT2D eigenvalue weighted by atomic mass is 9.96. The number of carbonyl (C=O) groups is 1. The van der Waals surface area contributed by atoms with Gasteiger partial charge >= 0.3 is 0 Å². The molecule has 1 amide bonds. The van der Waals surface area contributed by atoms with Crippen molar-refractivity contribution in [3.05, 3.63) is 53.0 Å². The van der Waals surface area contributed by atoms with Crippen LogP contribution in [0.3, 0.4) is 0 Å². The molecule has 1 atom stereocenters. The fraction of sp³-hybridized carbons (Fsp3) is 0.353. The summed E-state index contributed by atoms with van der Waals surface area (Å²) in [6.45, 7) is 2.05. The van der Waals surface area contributed by atoms with Gasteiger partial charge in [0.25, 0.3) is 0 Å². The number of hydrogen-bond donors (Lipinski definition) is 0. The number of aryl methyl sites for hydroxylation is 2. The number of hydrogen-bond acceptors (Lipinski definition) is 2. The summed E-state index contributed by atoms with van der Waals surface area (Å²) < 4.78 is 5.46. The van der Waals surface area contributed by atoms with E-state index in [1.165, 1.54) is 5.56 Å². The maximum absolute atomic E-state index is 11.7. The summed E-state index contributed by atoms with van der Waals surface area (Å²) in [6.07, 6.45) is 3.86. The fourth-order valence-electron chi connectivity index (χ4n) is 2.88. The normalized spacial score (nSPS) is 16.0. The van der Waals surface area contributed by atoms with Gasteiger partial charge in [-0.2, -0.15) is 0 Å². The van der Waals surface area contributed by atoms with Crippen LogP contribution >= 0.6 is 11.6 Å². The van der Waals surface area contributed by atoms with Gasteiger partial charge in [-0.05, 0) is 29.7 Å². The second-order valence-electron chi connectivity index (χ2n) is 5.36. The molecule has 0 spiro atoms. The van der Waals surface area contributed by atoms with E-state index in [1.807, 2.05) is 25.2 Å². The second-order valence-corrected chi connectivity index (χ2v) is 5.79. The van der Waals surface area contributed by atoms with Crippen molar-refractivity contribution in [2.24, 2.45) is 0 Å². The van der Waals surface area contributed by atoms with Gasteiger partial charge in [-0.25, -0.2) is 0 Å². The van der Waals surface area contributed by atoms with Gasteiger partial charge in [0, 0.05) is 31.1 Å². The lowest BCUT2D eigenvalue weighted by molar-refractivity contribution is -0.118. The molecule has 2 aromatic rings. The van der Waals surface area contributed by atoms with E-state index >= 15 is 0 Å². The van der Waals surface area contributed by atoms with Gasteiger partial charge in [-0.1, -0.05) is 19.1 Å². The lowest BCUT2D eigenvalue weighted by Gasteiger charge is -2.26. The van der Waals surface area contributed by atoms with Crippen LogP contribution < -0.4 is 4.90 Å². The number of nitrogens with zero attached hydrogens (tertiary/aromatic N) is 1. The van der Waals surface area contributed by atoms with Gasteiger partial charge in [0.15, 0.2) is 0 Å². The quantitative estimate of drug-likeness (QED) is 0.801. The van der Waals surface area contributed by atoms with Gasteiger partial charge in [-0.3, -0.25) is 4.79 Å². The Labute approximate surface area is 129 Å². The second kappa shape index (κ2) is 5.57. The minimum atomic E-state index is -0.216. The van der Waals surface area contributed by atoms with E-state index in [-0.39, 0.29) is 11.3 Å². The van der Waals surface area contributed by atoms with E-state index in [4.69, 9.17) is 16.0 Å². The molecule has 0 aliphatic carbocycles. The highest BCUT2D eigenvalue weighted by Crippen LogP contribution is 2.36. The van der Waals surface area contributed by atoms with Gasteiger partial charge in [0.05, 0.1) is 11.6 Å². The molecule has 0 fully saturated rings. The molecule has 1 aromatic heterocycles. The number of anilines is 1. The van der Waals surface area contributed by atoms with E-state index in [0.717, 1.165) is 35.4 Å². The first-order chi connectivity index (χ1) is 10.1. The van der Waals surface area contributed by atoms with Crippen molar-refractivity contribution in [3.8, 4) is 0 Å². The monoisotopic (exact) mass is 303 g/mol. The Hall–Kier alpha value is -1.74. The standard InChI is InChI=1S/C17H18ClNO2/c1-3-15-13(8-9-21-15)17(18)12-4-6-14-11(10-12)5-7-16(20)19(14)2/h4,6,8-10,17H,3,5,7H2,1-2H3. The van der Waals surface area contributed by atoms with E-state index in [2.05, 4.69) is 13.0 Å². The third kappa shape index (κ3) is 2.46. The van der Waals surface area contributed by atoms with Crippen molar-refractivity contribution < 1.29 is 9.21 Å². The number of alkyl halides is 1. The predicted molar refractivity (Wildman–Crippen MR) is 84.0 cm³/mol. The Kier molecular flexibility index (Phi) is 3.77. The minimum Gasteiger partial charge on any atom is -0.469 e. The topological polar surface area (TPSA) is 33.5 Å². The molecule has 4 heteroatoms. The van der Waals surface area contributed by atoms with E-state index < -0.39 is 0 Å². The molecule has 1 aromatic carbocycles. The Morgan fingerprint density at radius 2 is 2.14 bits per heavy atom. The lowest BCUT2D eigenvalue weighted by Crippen LogP contribution is -2.31. The third-order valence-electron chi connectivity index (χ3n) is 4.11. The first-order valence-corrected chi connectivity index (χ1v) is 7.65. The molecule has 0 saturated carbocycles. The van der Waals surface area contributed by atoms with Gasteiger partial charge in [0.1, 0.15) is 5.76 Å². The van der Waals surface area contributed by atoms with Crippen molar-refractivity contribution in [1.29, 1.82) is 0 Å². The number of fused-ring (bicyclic) bond motifs is 1. The molecular weight excluding hydrogens is 286 g/mol. The average Bonchev–Trinajstić information content (AvgIpc) is 2.98. The van der Waals surface area contributed by atoms with Crippen LogP contribution in [-0.4, -0.2) is 13.0 Å². The zero-order chi connectivity index (χ0) is 15.0. The first-order valence-electron chi connectivity index (χ1n) is 7.21. The molecule has 0 bridgehead atoms. The van der Waals surface area contributed by atoms with Crippen molar-refractivity contribution in [2.45, 2.75) is 31.6 Å². The highest BCUT2D eigenvalue weighted by Gasteiger charge is 2.23. The van der Waals surface area contributed by atoms with Crippen LogP contribution in [0.15, 0.2) is 34.9 Å². The van der Waals surface area contributed by atoms with Gasteiger partial charge in [0.2, 0.25) is 5.91 Å². The smallest absolute Gasteiger partial charge is 0.227 e. The SMILES string of the molecule is CCc1occc1C(Cl)c1ccc2c(c1)CCC(=O)N2C. The largest absolute Gasteiger partial charge is 0.469 e. The number of furan rings is 1. The van der Waals surface area contributed by atoms with Crippen LogP contribution in [0.4, 0.5) is 5.69 Å². The minimum absolute atomic E-state index is 0.167. The molecule has 1 aliphatic rings. The number of benzene rings is 1. The van der Waals surface area contributed by atoms with Crippen molar-refractivity contribution in [3.63, 3.8) is 0 Å². The zero-order valence-corrected chi connectivity index (χ0v) is 13.0. The Bertz CT molecular complexity index is 677. The fourth-order valence-corrected chi connectivity index (χ4v) is 3.21. The number of carbonyl (C=O) groups excluding carboxylic acids is 1. The van der Waals surface area contributed by atoms with E-state index in [0.29, 0.717) is 6.42 Å². The summed E-state index contributed by atoms with van der Waals surface area (Å²) in [7, 11) is 1.82. The Balaban J connectivity index is 1.96. The van der Waals surface area contributed by atoms with Crippen LogP contribution in [0.1, 0.15) is 41.2 Å². The molecule has 110 valence electrons. The summed E-state index contributed by atoms with van der Waals surface area (Å²) in [5, 5.41) is -0.216. The Morgan fingerprint density at radius 1 is 1.33 bits per heavy atom. The van der Waals surface area contributed by atoms with Crippen LogP contribution in [-0.2, 0) is 17.6 Å². The number of amides is 1. The molecule has 0 saturated heterocycles. The summed E-state index contributed by atoms with van der Waals surface area (Å²) in [4.78, 5) is 13.5. The molecule has 1 aliphatic heterocycles. The highest BCUT2D eigenvalue weighted by atomic mass is 35.5. The van der Waals surface area contributed by atoms with Gasteiger partial charge < -0.3 is 9.32 Å². The molecule has 3 nitrogen and oxygen atoms in total. The van der Waals surface area contributed by atoms with Crippen LogP contribution in [0.25, 0.3) is 0 Å². The Morgan fingerprint density at radius 3 is 2.90 bits per heavy atom. The molecule has 1 unspecified atom stereocenters. The van der Waals surface area contributed by atoms with E-state index in [9.17, 15) is 4.79 Å². The first kappa shape index (κ1) is 14.2. The van der Waals surface area contributed by atoms with Gasteiger partial charge in [-0.15, -0.1) is 11.6 Å². The summed E-state index contributed by atoms with van der Waals surface area (Å²) in [5.74, 6) is 1.10. The van der Waals surface area contributed by atoms with E-state index in [1.54, 1.807) is 11.2 Å². The van der Waals surface area contributed by atoms with Crippen LogP contribution in [0, 0.1) is 0 Å².